The lowest BCUT2D eigenvalue weighted by Gasteiger charge is -2.24. The average Bonchev–Trinajstić information content (AvgIpc) is 2.95. The van der Waals surface area contributed by atoms with Crippen LogP contribution in [-0.4, -0.2) is 50.7 Å². The molecule has 0 bridgehead atoms. The lowest BCUT2D eigenvalue weighted by atomic mass is 10.2. The summed E-state index contributed by atoms with van der Waals surface area (Å²) in [5.41, 5.74) is 0.659. The Morgan fingerprint density at radius 2 is 2.12 bits per heavy atom. The number of pyridine rings is 1. The van der Waals surface area contributed by atoms with Gasteiger partial charge in [0.1, 0.15) is 23.2 Å². The molecule has 0 radical (unpaired) electrons. The van der Waals surface area contributed by atoms with E-state index in [1.807, 2.05) is 20.8 Å². The van der Waals surface area contributed by atoms with Crippen molar-refractivity contribution in [1.29, 1.82) is 0 Å². The van der Waals surface area contributed by atoms with Crippen LogP contribution in [0.5, 0.6) is 5.88 Å². The van der Waals surface area contributed by atoms with Crippen molar-refractivity contribution >= 4 is 28.7 Å². The molecule has 3 rings (SSSR count). The highest BCUT2D eigenvalue weighted by atomic mass is 35.5. The maximum Gasteiger partial charge on any atom is 0.410 e. The number of carbonyl (C=O) groups excluding carboxylic acids is 1. The minimum Gasteiger partial charge on any atom is -0.471 e. The van der Waals surface area contributed by atoms with Crippen molar-refractivity contribution in [2.24, 2.45) is 0 Å². The highest BCUT2D eigenvalue weighted by Gasteiger charge is 2.31. The van der Waals surface area contributed by atoms with Gasteiger partial charge < -0.3 is 14.4 Å². The second-order valence-electron chi connectivity index (χ2n) is 6.64. The Bertz CT molecular complexity index is 763. The average molecular weight is 351 g/mol. The van der Waals surface area contributed by atoms with Crippen LogP contribution in [-0.2, 0) is 4.74 Å². The molecule has 3 heterocycles. The van der Waals surface area contributed by atoms with E-state index in [4.69, 9.17) is 21.1 Å². The van der Waals surface area contributed by atoms with Gasteiger partial charge in [-0.3, -0.25) is 0 Å². The minimum absolute atomic E-state index is 0.170. The fraction of sp³-hybridized carbons (Fsp3) is 0.500. The highest BCUT2D eigenvalue weighted by Crippen LogP contribution is 2.24. The molecule has 0 spiro atoms. The molecule has 2 aromatic heterocycles. The van der Waals surface area contributed by atoms with Gasteiger partial charge in [-0.25, -0.2) is 14.8 Å². The lowest BCUT2D eigenvalue weighted by molar-refractivity contribution is 0.0275. The zero-order chi connectivity index (χ0) is 17.3. The number of likely N-dealkylation sites (tertiary alicyclic amines) is 1. The van der Waals surface area contributed by atoms with Gasteiger partial charge in [-0.1, -0.05) is 11.6 Å². The summed E-state index contributed by atoms with van der Waals surface area (Å²) in [6, 6.07) is 3.43. The Balaban J connectivity index is 1.70. The van der Waals surface area contributed by atoms with Gasteiger partial charge in [0.2, 0.25) is 5.88 Å². The molecule has 0 N–H and O–H groups in total. The Morgan fingerprint density at radius 3 is 2.88 bits per heavy atom. The van der Waals surface area contributed by atoms with Crippen LogP contribution in [0.1, 0.15) is 27.2 Å². The first kappa shape index (κ1) is 16.7. The number of rotatable bonds is 2. The first-order chi connectivity index (χ1) is 11.3. The predicted molar refractivity (Wildman–Crippen MR) is 89.2 cm³/mol. The number of nitrogens with zero attached hydrogens (tertiary/aromatic N) is 4. The Labute approximate surface area is 145 Å². The van der Waals surface area contributed by atoms with Crippen LogP contribution >= 0.6 is 11.6 Å². The van der Waals surface area contributed by atoms with E-state index in [0.717, 1.165) is 0 Å². The number of hydrogen-bond donors (Lipinski definition) is 0. The molecule has 1 aliphatic rings. The van der Waals surface area contributed by atoms with Crippen molar-refractivity contribution in [3.8, 4) is 5.88 Å². The van der Waals surface area contributed by atoms with Crippen LogP contribution in [0, 0.1) is 0 Å². The second-order valence-corrected chi connectivity index (χ2v) is 7.02. The van der Waals surface area contributed by atoms with E-state index in [9.17, 15) is 4.79 Å². The van der Waals surface area contributed by atoms with Gasteiger partial charge in [-0.05, 0) is 32.9 Å². The highest BCUT2D eigenvalue weighted by molar-refractivity contribution is 6.29. The smallest absolute Gasteiger partial charge is 0.410 e. The van der Waals surface area contributed by atoms with Crippen LogP contribution in [0.25, 0.3) is 11.0 Å². The van der Waals surface area contributed by atoms with Crippen molar-refractivity contribution in [1.82, 2.24) is 19.9 Å². The Morgan fingerprint density at radius 1 is 1.33 bits per heavy atom. The molecule has 0 saturated carbocycles. The molecule has 1 atom stereocenters. The molecule has 0 aliphatic carbocycles. The zero-order valence-electron chi connectivity index (χ0n) is 13.8. The maximum atomic E-state index is 12.1. The van der Waals surface area contributed by atoms with E-state index >= 15 is 0 Å². The summed E-state index contributed by atoms with van der Waals surface area (Å²) in [7, 11) is 0. The zero-order valence-corrected chi connectivity index (χ0v) is 14.6. The molecule has 7 nitrogen and oxygen atoms in total. The third-order valence-corrected chi connectivity index (χ3v) is 3.70. The maximum absolute atomic E-state index is 12.1. The molecular formula is C16H19ClN4O3. The van der Waals surface area contributed by atoms with Gasteiger partial charge in [0, 0.05) is 13.0 Å². The lowest BCUT2D eigenvalue weighted by Crippen LogP contribution is -2.36. The molecule has 1 amide bonds. The third-order valence-electron chi connectivity index (χ3n) is 3.49. The van der Waals surface area contributed by atoms with E-state index in [1.165, 1.54) is 6.33 Å². The fourth-order valence-electron chi connectivity index (χ4n) is 2.46. The van der Waals surface area contributed by atoms with Crippen molar-refractivity contribution in [2.45, 2.75) is 38.9 Å². The number of hydrogen-bond acceptors (Lipinski definition) is 6. The number of carbonyl (C=O) groups is 1. The van der Waals surface area contributed by atoms with Gasteiger partial charge in [0.15, 0.2) is 5.52 Å². The minimum atomic E-state index is -0.514. The van der Waals surface area contributed by atoms with Crippen LogP contribution in [0.15, 0.2) is 18.5 Å². The summed E-state index contributed by atoms with van der Waals surface area (Å²) >= 11 is 5.94. The Kier molecular flexibility index (Phi) is 4.45. The molecular weight excluding hydrogens is 332 g/mol. The van der Waals surface area contributed by atoms with E-state index in [0.29, 0.717) is 41.6 Å². The van der Waals surface area contributed by atoms with Crippen molar-refractivity contribution < 1.29 is 14.3 Å². The summed E-state index contributed by atoms with van der Waals surface area (Å²) in [4.78, 5) is 26.3. The molecule has 24 heavy (non-hydrogen) atoms. The summed E-state index contributed by atoms with van der Waals surface area (Å²) in [6.45, 7) is 6.56. The molecule has 2 aromatic rings. The van der Waals surface area contributed by atoms with Gasteiger partial charge in [-0.15, -0.1) is 0 Å². The van der Waals surface area contributed by atoms with E-state index in [-0.39, 0.29) is 12.2 Å². The van der Waals surface area contributed by atoms with Crippen molar-refractivity contribution in [3.05, 3.63) is 23.6 Å². The summed E-state index contributed by atoms with van der Waals surface area (Å²) in [5, 5.41) is 0.351. The second kappa shape index (κ2) is 6.39. The largest absolute Gasteiger partial charge is 0.471 e. The molecule has 128 valence electrons. The first-order valence-electron chi connectivity index (χ1n) is 7.74. The predicted octanol–water partition coefficient (Wildman–Crippen LogP) is 3.07. The van der Waals surface area contributed by atoms with E-state index in [2.05, 4.69) is 15.0 Å². The monoisotopic (exact) mass is 350 g/mol. The third kappa shape index (κ3) is 3.84. The normalized spacial score (nSPS) is 18.0. The topological polar surface area (TPSA) is 77.4 Å². The fourth-order valence-corrected chi connectivity index (χ4v) is 2.60. The van der Waals surface area contributed by atoms with Gasteiger partial charge in [0.25, 0.3) is 0 Å². The van der Waals surface area contributed by atoms with Gasteiger partial charge in [0.05, 0.1) is 12.1 Å². The molecule has 1 aliphatic heterocycles. The van der Waals surface area contributed by atoms with Crippen molar-refractivity contribution in [3.63, 3.8) is 0 Å². The molecule has 8 heteroatoms. The van der Waals surface area contributed by atoms with Crippen LogP contribution < -0.4 is 4.74 Å². The number of fused-ring (bicyclic) bond motifs is 1. The number of aromatic nitrogens is 3. The summed E-state index contributed by atoms with van der Waals surface area (Å²) < 4.78 is 11.3. The number of amides is 1. The van der Waals surface area contributed by atoms with Crippen LogP contribution in [0.4, 0.5) is 4.79 Å². The van der Waals surface area contributed by atoms with Gasteiger partial charge >= 0.3 is 6.09 Å². The van der Waals surface area contributed by atoms with Gasteiger partial charge in [-0.2, -0.15) is 4.98 Å². The number of ether oxygens (including phenoxy) is 2. The van der Waals surface area contributed by atoms with Crippen molar-refractivity contribution in [2.75, 3.05) is 13.1 Å². The molecule has 0 aromatic carbocycles. The molecule has 1 fully saturated rings. The summed E-state index contributed by atoms with van der Waals surface area (Å²) in [5.74, 6) is 0.374. The van der Waals surface area contributed by atoms with Crippen LogP contribution in [0.3, 0.4) is 0 Å². The first-order valence-corrected chi connectivity index (χ1v) is 8.11. The Hall–Kier alpha value is -2.15. The van der Waals surface area contributed by atoms with E-state index < -0.39 is 5.60 Å². The van der Waals surface area contributed by atoms with Crippen LogP contribution in [0.2, 0.25) is 5.15 Å². The SMILES string of the molecule is CC(C)(C)OC(=O)N1CC[C@H](Oc2ncnc3ccc(Cl)nc23)C1. The quantitative estimate of drug-likeness (QED) is 0.774. The number of halogens is 1. The molecule has 0 unspecified atom stereocenters. The standard InChI is InChI=1S/C16H19ClN4O3/c1-16(2,3)24-15(22)21-7-6-10(8-21)23-14-13-11(18-9-19-14)4-5-12(17)20-13/h4-5,9-10H,6-8H2,1-3H3/t10-/m0/s1. The molecule has 1 saturated heterocycles. The summed E-state index contributed by atoms with van der Waals surface area (Å²) in [6.07, 6.45) is 1.62. The van der Waals surface area contributed by atoms with E-state index in [1.54, 1.807) is 17.0 Å².